The summed E-state index contributed by atoms with van der Waals surface area (Å²) in [5.41, 5.74) is 0. The van der Waals surface area contributed by atoms with Gasteiger partial charge in [-0.15, -0.1) is 6.58 Å². The smallest absolute Gasteiger partial charge is 0.0353 e. The van der Waals surface area contributed by atoms with Gasteiger partial charge in [-0.25, -0.2) is 0 Å². The molecule has 0 heteroatoms. The number of allylic oxidation sites excluding steroid dienone is 1. The SMILES string of the molecule is C=CCCCC(C)C(C)C(C)C(C)CC. The van der Waals surface area contributed by atoms with E-state index < -0.39 is 0 Å². The van der Waals surface area contributed by atoms with Crippen molar-refractivity contribution in [3.63, 3.8) is 0 Å². The predicted octanol–water partition coefficient (Wildman–Crippen LogP) is 5.30. The molecule has 0 rings (SSSR count). The van der Waals surface area contributed by atoms with Gasteiger partial charge in [0.2, 0.25) is 0 Å². The minimum absolute atomic E-state index is 0.852. The Morgan fingerprint density at radius 2 is 1.53 bits per heavy atom. The molecule has 0 aromatic carbocycles. The first kappa shape index (κ1) is 14.7. The molecule has 0 aliphatic heterocycles. The van der Waals surface area contributed by atoms with Gasteiger partial charge in [-0.3, -0.25) is 0 Å². The topological polar surface area (TPSA) is 0 Å². The Kier molecular flexibility index (Phi) is 7.82. The van der Waals surface area contributed by atoms with E-state index in [1.54, 1.807) is 0 Å². The van der Waals surface area contributed by atoms with Crippen LogP contribution < -0.4 is 0 Å². The Morgan fingerprint density at radius 1 is 1.00 bits per heavy atom. The zero-order valence-corrected chi connectivity index (χ0v) is 11.4. The Bertz CT molecular complexity index is 159. The molecule has 0 N–H and O–H groups in total. The second-order valence-electron chi connectivity index (χ2n) is 5.30. The molecule has 90 valence electrons. The number of rotatable bonds is 8. The molecule has 0 aliphatic rings. The molecule has 15 heavy (non-hydrogen) atoms. The first-order chi connectivity index (χ1) is 7.04. The molecule has 0 aromatic rings. The summed E-state index contributed by atoms with van der Waals surface area (Å²) in [4.78, 5) is 0. The molecule has 0 aromatic heterocycles. The van der Waals surface area contributed by atoms with Crippen molar-refractivity contribution in [2.75, 3.05) is 0 Å². The molecule has 0 nitrogen and oxygen atoms in total. The molecule has 0 saturated carbocycles. The highest BCUT2D eigenvalue weighted by Gasteiger charge is 2.22. The van der Waals surface area contributed by atoms with Crippen LogP contribution in [0.2, 0.25) is 0 Å². The Labute approximate surface area is 97.2 Å². The van der Waals surface area contributed by atoms with Gasteiger partial charge in [0.25, 0.3) is 0 Å². The van der Waals surface area contributed by atoms with Gasteiger partial charge in [-0.1, -0.05) is 53.5 Å². The average molecular weight is 210 g/mol. The normalized spacial score (nSPS) is 19.3. The van der Waals surface area contributed by atoms with E-state index in [9.17, 15) is 0 Å². The van der Waals surface area contributed by atoms with Crippen LogP contribution in [0.25, 0.3) is 0 Å². The molecule has 0 saturated heterocycles. The van der Waals surface area contributed by atoms with Crippen LogP contribution in [0.4, 0.5) is 0 Å². The molecular formula is C15H30. The molecular weight excluding hydrogens is 180 g/mol. The van der Waals surface area contributed by atoms with Crippen LogP contribution in [0.15, 0.2) is 12.7 Å². The third kappa shape index (κ3) is 5.39. The quantitative estimate of drug-likeness (QED) is 0.377. The lowest BCUT2D eigenvalue weighted by Gasteiger charge is -2.30. The van der Waals surface area contributed by atoms with Gasteiger partial charge in [0.15, 0.2) is 0 Å². The zero-order chi connectivity index (χ0) is 11.8. The molecule has 0 bridgehead atoms. The summed E-state index contributed by atoms with van der Waals surface area (Å²) in [6.07, 6.45) is 7.19. The summed E-state index contributed by atoms with van der Waals surface area (Å²) in [6, 6.07) is 0. The molecule has 0 fully saturated rings. The molecule has 4 unspecified atom stereocenters. The average Bonchev–Trinajstić information content (AvgIpc) is 2.26. The lowest BCUT2D eigenvalue weighted by molar-refractivity contribution is 0.199. The van der Waals surface area contributed by atoms with E-state index >= 15 is 0 Å². The predicted molar refractivity (Wildman–Crippen MR) is 71.0 cm³/mol. The number of hydrogen-bond donors (Lipinski definition) is 0. The number of hydrogen-bond acceptors (Lipinski definition) is 0. The molecule has 0 radical (unpaired) electrons. The minimum Gasteiger partial charge on any atom is -0.103 e. The third-order valence-corrected chi connectivity index (χ3v) is 4.34. The van der Waals surface area contributed by atoms with Crippen LogP contribution in [-0.2, 0) is 0 Å². The summed E-state index contributed by atoms with van der Waals surface area (Å²) < 4.78 is 0. The van der Waals surface area contributed by atoms with Crippen LogP contribution in [0.3, 0.4) is 0 Å². The lowest BCUT2D eigenvalue weighted by Crippen LogP contribution is -2.22. The highest BCUT2D eigenvalue weighted by Crippen LogP contribution is 2.30. The molecule has 4 atom stereocenters. The van der Waals surface area contributed by atoms with Crippen molar-refractivity contribution in [2.24, 2.45) is 23.7 Å². The molecule has 0 heterocycles. The Morgan fingerprint density at radius 3 is 2.00 bits per heavy atom. The first-order valence-electron chi connectivity index (χ1n) is 6.65. The van der Waals surface area contributed by atoms with Gasteiger partial charge < -0.3 is 0 Å². The van der Waals surface area contributed by atoms with Gasteiger partial charge in [0.05, 0.1) is 0 Å². The van der Waals surface area contributed by atoms with Crippen molar-refractivity contribution >= 4 is 0 Å². The molecule has 0 aliphatic carbocycles. The maximum absolute atomic E-state index is 3.78. The summed E-state index contributed by atoms with van der Waals surface area (Å²) in [5, 5.41) is 0. The van der Waals surface area contributed by atoms with Crippen LogP contribution in [0.1, 0.15) is 60.3 Å². The van der Waals surface area contributed by atoms with Crippen LogP contribution >= 0.6 is 0 Å². The maximum atomic E-state index is 3.78. The monoisotopic (exact) mass is 210 g/mol. The van der Waals surface area contributed by atoms with Crippen LogP contribution in [-0.4, -0.2) is 0 Å². The zero-order valence-electron chi connectivity index (χ0n) is 11.4. The second-order valence-corrected chi connectivity index (χ2v) is 5.30. The fraction of sp³-hybridized carbons (Fsp3) is 0.867. The standard InChI is InChI=1S/C15H30/c1-7-9-10-11-13(4)15(6)14(5)12(3)8-2/h7,12-15H,1,8-11H2,2-6H3. The Balaban J connectivity index is 3.95. The first-order valence-corrected chi connectivity index (χ1v) is 6.65. The fourth-order valence-electron chi connectivity index (χ4n) is 2.26. The van der Waals surface area contributed by atoms with Gasteiger partial charge in [-0.05, 0) is 36.5 Å². The van der Waals surface area contributed by atoms with Crippen molar-refractivity contribution in [3.05, 3.63) is 12.7 Å². The highest BCUT2D eigenvalue weighted by atomic mass is 14.3. The summed E-state index contributed by atoms with van der Waals surface area (Å²) in [7, 11) is 0. The molecule has 0 amide bonds. The van der Waals surface area contributed by atoms with E-state index in [0.29, 0.717) is 0 Å². The van der Waals surface area contributed by atoms with E-state index in [0.717, 1.165) is 23.7 Å². The second kappa shape index (κ2) is 7.96. The van der Waals surface area contributed by atoms with Gasteiger partial charge in [0, 0.05) is 0 Å². The van der Waals surface area contributed by atoms with Crippen LogP contribution in [0, 0.1) is 23.7 Å². The van der Waals surface area contributed by atoms with Gasteiger partial charge >= 0.3 is 0 Å². The van der Waals surface area contributed by atoms with Gasteiger partial charge in [0.1, 0.15) is 0 Å². The Hall–Kier alpha value is -0.260. The van der Waals surface area contributed by atoms with Crippen molar-refractivity contribution in [2.45, 2.75) is 60.3 Å². The third-order valence-electron chi connectivity index (χ3n) is 4.34. The summed E-state index contributed by atoms with van der Waals surface area (Å²) >= 11 is 0. The van der Waals surface area contributed by atoms with Gasteiger partial charge in [-0.2, -0.15) is 0 Å². The lowest BCUT2D eigenvalue weighted by atomic mass is 9.76. The van der Waals surface area contributed by atoms with Crippen LogP contribution in [0.5, 0.6) is 0 Å². The van der Waals surface area contributed by atoms with E-state index in [1.165, 1.54) is 25.7 Å². The van der Waals surface area contributed by atoms with Crippen molar-refractivity contribution < 1.29 is 0 Å². The summed E-state index contributed by atoms with van der Waals surface area (Å²) in [6.45, 7) is 15.7. The van der Waals surface area contributed by atoms with E-state index in [1.807, 2.05) is 6.08 Å². The maximum Gasteiger partial charge on any atom is -0.0353 e. The molecule has 0 spiro atoms. The van der Waals surface area contributed by atoms with E-state index in [2.05, 4.69) is 41.2 Å². The summed E-state index contributed by atoms with van der Waals surface area (Å²) in [5.74, 6) is 3.43. The highest BCUT2D eigenvalue weighted by molar-refractivity contribution is 4.73. The largest absolute Gasteiger partial charge is 0.103 e. The van der Waals surface area contributed by atoms with Crippen molar-refractivity contribution in [1.29, 1.82) is 0 Å². The van der Waals surface area contributed by atoms with Crippen molar-refractivity contribution in [3.8, 4) is 0 Å². The van der Waals surface area contributed by atoms with Crippen molar-refractivity contribution in [1.82, 2.24) is 0 Å². The van der Waals surface area contributed by atoms with E-state index in [-0.39, 0.29) is 0 Å². The number of unbranched alkanes of at least 4 members (excludes halogenated alkanes) is 1. The minimum atomic E-state index is 0.852. The van der Waals surface area contributed by atoms with E-state index in [4.69, 9.17) is 0 Å². The fourth-order valence-corrected chi connectivity index (χ4v) is 2.26.